The number of pyridine rings is 1. The Hall–Kier alpha value is -3.36. The number of hydrogen-bond donors (Lipinski definition) is 1. The fraction of sp³-hybridized carbons (Fsp3) is 0.188. The lowest BCUT2D eigenvalue weighted by atomic mass is 10.2. The Morgan fingerprint density at radius 3 is 2.80 bits per heavy atom. The molecule has 8 nitrogen and oxygen atoms in total. The van der Waals surface area contributed by atoms with Gasteiger partial charge in [0.1, 0.15) is 5.65 Å². The molecule has 128 valence electrons. The highest BCUT2D eigenvalue weighted by Gasteiger charge is 2.12. The summed E-state index contributed by atoms with van der Waals surface area (Å²) in [6.07, 6.45) is 2.28. The number of nitro benzene ring substituents is 1. The van der Waals surface area contributed by atoms with Crippen LogP contribution in [0.5, 0.6) is 0 Å². The Kier molecular flexibility index (Phi) is 4.38. The van der Waals surface area contributed by atoms with E-state index in [0.29, 0.717) is 17.6 Å². The molecule has 0 bridgehead atoms. The summed E-state index contributed by atoms with van der Waals surface area (Å²) in [6.45, 7) is 2.44. The summed E-state index contributed by atoms with van der Waals surface area (Å²) < 4.78 is 15.5. The molecule has 0 saturated carbocycles. The predicted octanol–water partition coefficient (Wildman–Crippen LogP) is 2.99. The van der Waals surface area contributed by atoms with Crippen LogP contribution in [0.25, 0.3) is 11.0 Å². The number of nitro groups is 1. The number of rotatable bonds is 5. The van der Waals surface area contributed by atoms with Crippen LogP contribution in [0, 0.1) is 15.9 Å². The molecule has 0 amide bonds. The standard InChI is InChI=1S/C16H14FN5O3/c1-2-7-21-14(23)6-3-10-9-18-16(20-15(10)21)19-13-5-4-11(22(24)25)8-12(13)17/h3-6,8-9H,2,7H2,1H3,(H,18,19,20). The third-order valence-corrected chi connectivity index (χ3v) is 3.58. The second-order valence-electron chi connectivity index (χ2n) is 5.34. The first kappa shape index (κ1) is 16.5. The second-order valence-corrected chi connectivity index (χ2v) is 5.34. The summed E-state index contributed by atoms with van der Waals surface area (Å²) in [4.78, 5) is 30.4. The number of benzene rings is 1. The van der Waals surface area contributed by atoms with Crippen LogP contribution < -0.4 is 10.9 Å². The summed E-state index contributed by atoms with van der Waals surface area (Å²) in [5.41, 5.74) is -0.0841. The molecule has 3 aromatic rings. The van der Waals surface area contributed by atoms with Gasteiger partial charge in [0.2, 0.25) is 5.95 Å². The maximum atomic E-state index is 14.0. The molecular weight excluding hydrogens is 329 g/mol. The SMILES string of the molecule is CCCn1c(=O)ccc2cnc(Nc3ccc([N+](=O)[O-])cc3F)nc21. The fourth-order valence-electron chi connectivity index (χ4n) is 2.41. The normalized spacial score (nSPS) is 10.8. The van der Waals surface area contributed by atoms with Crippen LogP contribution in [0.15, 0.2) is 41.3 Å². The molecule has 0 aliphatic rings. The van der Waals surface area contributed by atoms with Crippen molar-refractivity contribution in [1.29, 1.82) is 0 Å². The number of aromatic nitrogens is 3. The molecular formula is C16H14FN5O3. The smallest absolute Gasteiger partial charge is 0.272 e. The molecule has 0 fully saturated rings. The molecule has 0 radical (unpaired) electrons. The topological polar surface area (TPSA) is 103 Å². The van der Waals surface area contributed by atoms with Gasteiger partial charge in [-0.05, 0) is 18.6 Å². The third kappa shape index (κ3) is 3.30. The van der Waals surface area contributed by atoms with Crippen LogP contribution in [0.4, 0.5) is 21.7 Å². The van der Waals surface area contributed by atoms with E-state index < -0.39 is 10.7 Å². The van der Waals surface area contributed by atoms with E-state index in [1.165, 1.54) is 29.0 Å². The van der Waals surface area contributed by atoms with E-state index in [4.69, 9.17) is 0 Å². The van der Waals surface area contributed by atoms with Gasteiger partial charge >= 0.3 is 0 Å². The summed E-state index contributed by atoms with van der Waals surface area (Å²) in [5.74, 6) is -0.701. The van der Waals surface area contributed by atoms with E-state index in [-0.39, 0.29) is 22.9 Å². The highest BCUT2D eigenvalue weighted by atomic mass is 19.1. The first-order valence-electron chi connectivity index (χ1n) is 7.57. The molecule has 2 heterocycles. The number of anilines is 2. The average molecular weight is 343 g/mol. The number of aryl methyl sites for hydroxylation is 1. The van der Waals surface area contributed by atoms with Gasteiger partial charge in [0.25, 0.3) is 11.2 Å². The Bertz CT molecular complexity index is 1020. The number of halogens is 1. The Morgan fingerprint density at radius 2 is 2.12 bits per heavy atom. The van der Waals surface area contributed by atoms with Crippen molar-refractivity contribution in [3.63, 3.8) is 0 Å². The van der Waals surface area contributed by atoms with Gasteiger partial charge in [-0.3, -0.25) is 19.5 Å². The minimum atomic E-state index is -0.795. The monoisotopic (exact) mass is 343 g/mol. The zero-order valence-corrected chi connectivity index (χ0v) is 13.3. The molecule has 1 N–H and O–H groups in total. The van der Waals surface area contributed by atoms with Crippen LogP contribution in [0.2, 0.25) is 0 Å². The maximum absolute atomic E-state index is 14.0. The molecule has 3 rings (SSSR count). The van der Waals surface area contributed by atoms with Crippen LogP contribution >= 0.6 is 0 Å². The number of non-ortho nitro benzene ring substituents is 1. The fourth-order valence-corrected chi connectivity index (χ4v) is 2.41. The molecule has 1 aromatic carbocycles. The van der Waals surface area contributed by atoms with E-state index in [1.54, 1.807) is 6.07 Å². The zero-order valence-electron chi connectivity index (χ0n) is 13.3. The third-order valence-electron chi connectivity index (χ3n) is 3.58. The van der Waals surface area contributed by atoms with Crippen molar-refractivity contribution in [2.45, 2.75) is 19.9 Å². The molecule has 25 heavy (non-hydrogen) atoms. The molecule has 0 atom stereocenters. The van der Waals surface area contributed by atoms with E-state index in [2.05, 4.69) is 15.3 Å². The van der Waals surface area contributed by atoms with Gasteiger partial charge < -0.3 is 5.32 Å². The van der Waals surface area contributed by atoms with Gasteiger partial charge in [0, 0.05) is 30.3 Å². The van der Waals surface area contributed by atoms with Crippen molar-refractivity contribution in [2.75, 3.05) is 5.32 Å². The predicted molar refractivity (Wildman–Crippen MR) is 90.4 cm³/mol. The van der Waals surface area contributed by atoms with Crippen molar-refractivity contribution in [1.82, 2.24) is 14.5 Å². The van der Waals surface area contributed by atoms with Gasteiger partial charge in [0.15, 0.2) is 5.82 Å². The van der Waals surface area contributed by atoms with Crippen molar-refractivity contribution < 1.29 is 9.31 Å². The van der Waals surface area contributed by atoms with Crippen molar-refractivity contribution in [3.8, 4) is 0 Å². The number of fused-ring (bicyclic) bond motifs is 1. The Morgan fingerprint density at radius 1 is 1.32 bits per heavy atom. The summed E-state index contributed by atoms with van der Waals surface area (Å²) >= 11 is 0. The summed E-state index contributed by atoms with van der Waals surface area (Å²) in [7, 11) is 0. The number of nitrogens with one attached hydrogen (secondary N) is 1. The van der Waals surface area contributed by atoms with E-state index in [1.807, 2.05) is 6.92 Å². The molecule has 0 saturated heterocycles. The first-order valence-corrected chi connectivity index (χ1v) is 7.57. The summed E-state index contributed by atoms with van der Waals surface area (Å²) in [6, 6.07) is 6.31. The quantitative estimate of drug-likeness (QED) is 0.564. The maximum Gasteiger partial charge on any atom is 0.272 e. The van der Waals surface area contributed by atoms with E-state index >= 15 is 0 Å². The molecule has 0 aliphatic carbocycles. The lowest BCUT2D eigenvalue weighted by molar-refractivity contribution is -0.385. The number of hydrogen-bond acceptors (Lipinski definition) is 6. The van der Waals surface area contributed by atoms with Crippen LogP contribution in [-0.4, -0.2) is 19.5 Å². The lowest BCUT2D eigenvalue weighted by Crippen LogP contribution is -2.20. The second kappa shape index (κ2) is 6.63. The Labute approximate surface area is 141 Å². The van der Waals surface area contributed by atoms with Crippen molar-refractivity contribution in [2.24, 2.45) is 0 Å². The van der Waals surface area contributed by atoms with Crippen LogP contribution in [-0.2, 0) is 6.54 Å². The minimum Gasteiger partial charge on any atom is -0.322 e. The molecule has 0 spiro atoms. The van der Waals surface area contributed by atoms with Gasteiger partial charge in [-0.1, -0.05) is 6.92 Å². The number of nitrogens with zero attached hydrogens (tertiary/aromatic N) is 4. The van der Waals surface area contributed by atoms with Crippen molar-refractivity contribution in [3.05, 3.63) is 62.8 Å². The molecule has 0 aliphatic heterocycles. The molecule has 0 unspecified atom stereocenters. The minimum absolute atomic E-state index is 0.00488. The highest BCUT2D eigenvalue weighted by molar-refractivity contribution is 5.75. The highest BCUT2D eigenvalue weighted by Crippen LogP contribution is 2.23. The molecule has 9 heteroatoms. The van der Waals surface area contributed by atoms with Gasteiger partial charge in [-0.25, -0.2) is 9.37 Å². The van der Waals surface area contributed by atoms with Gasteiger partial charge in [-0.2, -0.15) is 4.98 Å². The van der Waals surface area contributed by atoms with E-state index in [0.717, 1.165) is 12.5 Å². The van der Waals surface area contributed by atoms with E-state index in [9.17, 15) is 19.3 Å². The first-order chi connectivity index (χ1) is 12.0. The zero-order chi connectivity index (χ0) is 18.0. The lowest BCUT2D eigenvalue weighted by Gasteiger charge is -2.10. The van der Waals surface area contributed by atoms with Gasteiger partial charge in [-0.15, -0.1) is 0 Å². The Balaban J connectivity index is 2.01. The average Bonchev–Trinajstić information content (AvgIpc) is 2.59. The van der Waals surface area contributed by atoms with Crippen LogP contribution in [0.1, 0.15) is 13.3 Å². The van der Waals surface area contributed by atoms with Crippen molar-refractivity contribution >= 4 is 28.4 Å². The largest absolute Gasteiger partial charge is 0.322 e. The molecule has 2 aromatic heterocycles. The van der Waals surface area contributed by atoms with Gasteiger partial charge in [0.05, 0.1) is 16.7 Å². The van der Waals surface area contributed by atoms with Crippen LogP contribution in [0.3, 0.4) is 0 Å². The summed E-state index contributed by atoms with van der Waals surface area (Å²) in [5, 5.41) is 14.0.